The van der Waals surface area contributed by atoms with Crippen LogP contribution in [0.5, 0.6) is 0 Å². The van der Waals surface area contributed by atoms with Crippen molar-refractivity contribution in [1.82, 2.24) is 0 Å². The van der Waals surface area contributed by atoms with Crippen molar-refractivity contribution in [2.45, 2.75) is 27.7 Å². The van der Waals surface area contributed by atoms with E-state index in [1.807, 2.05) is 6.92 Å². The van der Waals surface area contributed by atoms with Crippen LogP contribution in [0.15, 0.2) is 11.1 Å². The Labute approximate surface area is 68.7 Å². The first-order valence-corrected chi connectivity index (χ1v) is 2.85. The van der Waals surface area contributed by atoms with Crippen LogP contribution in [-0.4, -0.2) is 0 Å². The second-order valence-corrected chi connectivity index (χ2v) is 2.41. The Morgan fingerprint density at radius 1 is 1.22 bits per heavy atom. The van der Waals surface area contributed by atoms with Crippen molar-refractivity contribution < 1.29 is 16.5 Å². The maximum Gasteiger partial charge on any atom is 2.00 e. The first kappa shape index (κ1) is 11.7. The van der Waals surface area contributed by atoms with Gasteiger partial charge >= 0.3 is 16.5 Å². The standard InChI is InChI=1S/C8H14.Ni/c1-6(2)8(5)7(3)4;/h1H2,2-5H3;/q-2;+2/b8-6+;. The van der Waals surface area contributed by atoms with Gasteiger partial charge in [0.15, 0.2) is 0 Å². The monoisotopic (exact) mass is 168 g/mol. The van der Waals surface area contributed by atoms with Crippen molar-refractivity contribution in [3.63, 3.8) is 0 Å². The normalized spacial score (nSPS) is 11.6. The summed E-state index contributed by atoms with van der Waals surface area (Å²) in [6, 6.07) is 0. The molecule has 0 amide bonds. The first-order valence-electron chi connectivity index (χ1n) is 2.85. The van der Waals surface area contributed by atoms with Crippen LogP contribution in [0.1, 0.15) is 27.7 Å². The summed E-state index contributed by atoms with van der Waals surface area (Å²) in [6.45, 7) is 12.1. The molecule has 9 heavy (non-hydrogen) atoms. The molecule has 0 bridgehead atoms. The molecule has 0 saturated heterocycles. The van der Waals surface area contributed by atoms with Crippen molar-refractivity contribution in [2.24, 2.45) is 0 Å². The van der Waals surface area contributed by atoms with Crippen molar-refractivity contribution >= 4 is 0 Å². The van der Waals surface area contributed by atoms with Gasteiger partial charge in [-0.15, -0.1) is 27.7 Å². The molecule has 0 spiro atoms. The van der Waals surface area contributed by atoms with Crippen molar-refractivity contribution in [3.8, 4) is 0 Å². The van der Waals surface area contributed by atoms with Gasteiger partial charge in [-0.3, -0.25) is 0 Å². The van der Waals surface area contributed by atoms with Gasteiger partial charge in [0.2, 0.25) is 0 Å². The summed E-state index contributed by atoms with van der Waals surface area (Å²) in [6.07, 6.45) is 0. The minimum atomic E-state index is 0. The van der Waals surface area contributed by atoms with E-state index >= 15 is 0 Å². The van der Waals surface area contributed by atoms with Gasteiger partial charge in [0.25, 0.3) is 0 Å². The zero-order valence-corrected chi connectivity index (χ0v) is 7.51. The Hall–Kier alpha value is -0.0265. The van der Waals surface area contributed by atoms with Gasteiger partial charge in [-0.2, -0.15) is 0 Å². The Morgan fingerprint density at radius 2 is 1.56 bits per heavy atom. The quantitative estimate of drug-likeness (QED) is 0.418. The third kappa shape index (κ3) is 4.48. The first-order chi connectivity index (χ1) is 3.55. The molecule has 0 rings (SSSR count). The summed E-state index contributed by atoms with van der Waals surface area (Å²) >= 11 is 0. The average Bonchev–Trinajstić information content (AvgIpc) is 1.64. The third-order valence-electron chi connectivity index (χ3n) is 1.39. The minimum Gasteiger partial charge on any atom is -0.367 e. The Balaban J connectivity index is 0. The molecular weight excluding hydrogens is 155 g/mol. The van der Waals surface area contributed by atoms with Crippen molar-refractivity contribution in [1.29, 1.82) is 0 Å². The molecule has 0 nitrogen and oxygen atoms in total. The van der Waals surface area contributed by atoms with E-state index in [0.717, 1.165) is 0 Å². The zero-order chi connectivity index (χ0) is 6.73. The zero-order valence-electron chi connectivity index (χ0n) is 6.52. The fourth-order valence-electron chi connectivity index (χ4n) is 0.427. The van der Waals surface area contributed by atoms with Gasteiger partial charge < -0.3 is 24.0 Å². The minimum absolute atomic E-state index is 0. The predicted octanol–water partition coefficient (Wildman–Crippen LogP) is 2.77. The fraction of sp³-hybridized carbons (Fsp3) is 0.500. The summed E-state index contributed by atoms with van der Waals surface area (Å²) in [5.41, 5.74) is 2.50. The summed E-state index contributed by atoms with van der Waals surface area (Å²) in [5.74, 6) is 1.36. The number of hydrogen-bond acceptors (Lipinski definition) is 0. The fourth-order valence-corrected chi connectivity index (χ4v) is 0.427. The van der Waals surface area contributed by atoms with Crippen LogP contribution in [0, 0.1) is 12.8 Å². The van der Waals surface area contributed by atoms with Gasteiger partial charge in [-0.25, -0.2) is 0 Å². The van der Waals surface area contributed by atoms with E-state index in [4.69, 9.17) is 0 Å². The summed E-state index contributed by atoms with van der Waals surface area (Å²) in [5, 5.41) is 0. The Morgan fingerprint density at radius 3 is 1.56 bits per heavy atom. The SMILES string of the molecule is [CH2-]/C(C)=C(/C)[C-](C)C.[Ni+2]. The number of allylic oxidation sites excluding steroid dienone is 2. The van der Waals surface area contributed by atoms with Crippen molar-refractivity contribution in [3.05, 3.63) is 24.0 Å². The summed E-state index contributed by atoms with van der Waals surface area (Å²) in [7, 11) is 0. The van der Waals surface area contributed by atoms with Crippen LogP contribution >= 0.6 is 0 Å². The third-order valence-corrected chi connectivity index (χ3v) is 1.39. The van der Waals surface area contributed by atoms with Gasteiger partial charge in [-0.1, -0.05) is 0 Å². The molecule has 0 unspecified atom stereocenters. The molecule has 0 aliphatic rings. The van der Waals surface area contributed by atoms with Crippen molar-refractivity contribution in [2.75, 3.05) is 0 Å². The molecule has 0 aliphatic carbocycles. The molecule has 0 heterocycles. The van der Waals surface area contributed by atoms with Crippen LogP contribution < -0.4 is 0 Å². The van der Waals surface area contributed by atoms with E-state index in [1.165, 1.54) is 17.1 Å². The molecule has 0 N–H and O–H groups in total. The second-order valence-electron chi connectivity index (χ2n) is 2.41. The molecule has 0 saturated carbocycles. The van der Waals surface area contributed by atoms with E-state index < -0.39 is 0 Å². The summed E-state index contributed by atoms with van der Waals surface area (Å²) in [4.78, 5) is 0. The van der Waals surface area contributed by atoms with Crippen LogP contribution in [0.25, 0.3) is 0 Å². The molecule has 0 aliphatic heterocycles. The number of hydrogen-bond donors (Lipinski definition) is 0. The van der Waals surface area contributed by atoms with Gasteiger partial charge in [0.1, 0.15) is 0 Å². The van der Waals surface area contributed by atoms with Gasteiger partial charge in [0, 0.05) is 0 Å². The van der Waals surface area contributed by atoms with E-state index in [2.05, 4.69) is 27.7 Å². The van der Waals surface area contributed by atoms with Crippen LogP contribution in [-0.2, 0) is 16.5 Å². The van der Waals surface area contributed by atoms with Crippen LogP contribution in [0.2, 0.25) is 0 Å². The van der Waals surface area contributed by atoms with E-state index in [-0.39, 0.29) is 16.5 Å². The van der Waals surface area contributed by atoms with E-state index in [9.17, 15) is 0 Å². The topological polar surface area (TPSA) is 0 Å². The second kappa shape index (κ2) is 4.82. The van der Waals surface area contributed by atoms with E-state index in [1.54, 1.807) is 0 Å². The Kier molecular flexibility index (Phi) is 6.28. The van der Waals surface area contributed by atoms with Gasteiger partial charge in [-0.05, 0) is 0 Å². The molecule has 0 atom stereocenters. The molecule has 0 aromatic carbocycles. The largest absolute Gasteiger partial charge is 2.00 e. The molecule has 0 aromatic heterocycles. The molecule has 0 fully saturated rings. The molecular formula is C8H14Ni. The van der Waals surface area contributed by atoms with Crippen LogP contribution in [0.4, 0.5) is 0 Å². The number of rotatable bonds is 1. The van der Waals surface area contributed by atoms with Crippen LogP contribution in [0.3, 0.4) is 0 Å². The Bertz CT molecular complexity index is 97.1. The maximum atomic E-state index is 3.82. The average molecular weight is 169 g/mol. The predicted molar refractivity (Wildman–Crippen MR) is 38.3 cm³/mol. The maximum absolute atomic E-state index is 3.82. The van der Waals surface area contributed by atoms with E-state index in [0.29, 0.717) is 0 Å². The van der Waals surface area contributed by atoms with Gasteiger partial charge in [0.05, 0.1) is 0 Å². The smallest absolute Gasteiger partial charge is 0.367 e. The summed E-state index contributed by atoms with van der Waals surface area (Å²) < 4.78 is 0. The molecule has 0 radical (unpaired) electrons. The molecule has 1 heteroatoms. The molecule has 0 aromatic rings. The molecule has 56 valence electrons.